The molecule has 0 amide bonds. The molecule has 0 saturated heterocycles. The molecule has 0 unspecified atom stereocenters. The SMILES string of the molecule is O=[Si]([O-])Cl.O=[Si]([O-])Cl.[Pb+2]. The van der Waals surface area contributed by atoms with Gasteiger partial charge in [-0.05, 0) is 0 Å². The second-order valence-electron chi connectivity index (χ2n) is 0.475. The van der Waals surface area contributed by atoms with Gasteiger partial charge in [0.15, 0.2) is 0 Å². The van der Waals surface area contributed by atoms with Crippen molar-refractivity contribution < 1.29 is 18.5 Å². The minimum Gasteiger partial charge on any atom is -0.572 e. The molecule has 0 N–H and O–H groups in total. The van der Waals surface area contributed by atoms with Crippen LogP contribution < -0.4 is 9.59 Å². The maximum absolute atomic E-state index is 8.84. The maximum Gasteiger partial charge on any atom is 2.00 e. The Bertz CT molecular complexity index is 74.6. The van der Waals surface area contributed by atoms with Gasteiger partial charge in [-0.15, -0.1) is 22.2 Å². The van der Waals surface area contributed by atoms with Gasteiger partial charge in [-0.3, -0.25) is 0 Å². The van der Waals surface area contributed by atoms with Crippen molar-refractivity contribution in [2.75, 3.05) is 0 Å². The summed E-state index contributed by atoms with van der Waals surface area (Å²) in [6.45, 7) is 0. The van der Waals surface area contributed by atoms with Gasteiger partial charge in [0.25, 0.3) is 16.5 Å². The Kier molecular flexibility index (Phi) is 21.9. The summed E-state index contributed by atoms with van der Waals surface area (Å²) in [6, 6.07) is 0. The topological polar surface area (TPSA) is 80.3 Å². The molecule has 0 aromatic rings. The van der Waals surface area contributed by atoms with Crippen molar-refractivity contribution >= 4 is 65.9 Å². The summed E-state index contributed by atoms with van der Waals surface area (Å²) in [7, 11) is -5.81. The Morgan fingerprint density at radius 1 is 1.00 bits per heavy atom. The Morgan fingerprint density at radius 3 is 1.00 bits per heavy atom. The molecule has 0 saturated carbocycles. The first-order chi connectivity index (χ1) is 3.46. The number of hydrogen-bond donors (Lipinski definition) is 0. The summed E-state index contributed by atoms with van der Waals surface area (Å²) in [5.41, 5.74) is 0. The normalized spacial score (nSPS) is 5.56. The van der Waals surface area contributed by atoms with E-state index in [1.807, 2.05) is 0 Å². The summed E-state index contributed by atoms with van der Waals surface area (Å²) in [5.74, 6) is 0. The molecule has 9 heteroatoms. The van der Waals surface area contributed by atoms with Crippen LogP contribution >= 0.6 is 22.2 Å². The molecule has 2 radical (unpaired) electrons. The van der Waals surface area contributed by atoms with E-state index in [1.165, 1.54) is 0 Å². The van der Waals surface area contributed by atoms with E-state index >= 15 is 0 Å². The summed E-state index contributed by atoms with van der Waals surface area (Å²) < 4.78 is 17.7. The van der Waals surface area contributed by atoms with Crippen LogP contribution in [0.3, 0.4) is 0 Å². The zero-order valence-corrected chi connectivity index (χ0v) is 11.3. The third-order valence-electron chi connectivity index (χ3n) is 0. The fourth-order valence-electron chi connectivity index (χ4n) is 0. The van der Waals surface area contributed by atoms with Crippen LogP contribution in [0.2, 0.25) is 0 Å². The smallest absolute Gasteiger partial charge is 0.572 e. The largest absolute Gasteiger partial charge is 2.00 e. The molecule has 0 aliphatic carbocycles. The average molecular weight is 398 g/mol. The Hall–Kier alpha value is 1.14. The molecule has 4 nitrogen and oxygen atoms in total. The fraction of sp³-hybridized carbons (Fsp3) is 0. The molecule has 0 spiro atoms. The summed E-state index contributed by atoms with van der Waals surface area (Å²) in [5, 5.41) is 0. The maximum atomic E-state index is 8.84. The Balaban J connectivity index is -0.0000000720. The monoisotopic (exact) mass is 398 g/mol. The van der Waals surface area contributed by atoms with Gasteiger partial charge < -0.3 is 18.5 Å². The van der Waals surface area contributed by atoms with Crippen molar-refractivity contribution in [3.63, 3.8) is 0 Å². The van der Waals surface area contributed by atoms with Crippen LogP contribution in [0.25, 0.3) is 0 Å². The van der Waals surface area contributed by atoms with Crippen molar-refractivity contribution in [3.8, 4) is 0 Å². The molecule has 0 aromatic heterocycles. The summed E-state index contributed by atoms with van der Waals surface area (Å²) in [6.07, 6.45) is 0. The van der Waals surface area contributed by atoms with Crippen LogP contribution in [0.4, 0.5) is 0 Å². The van der Waals surface area contributed by atoms with Gasteiger partial charge in [-0.1, -0.05) is 0 Å². The van der Waals surface area contributed by atoms with Crippen molar-refractivity contribution in [2.24, 2.45) is 0 Å². The van der Waals surface area contributed by atoms with Crippen molar-refractivity contribution in [1.82, 2.24) is 0 Å². The second kappa shape index (κ2) is 11.9. The van der Waals surface area contributed by atoms with Crippen molar-refractivity contribution in [1.29, 1.82) is 0 Å². The van der Waals surface area contributed by atoms with Gasteiger partial charge in [0, 0.05) is 0 Å². The van der Waals surface area contributed by atoms with E-state index in [0.29, 0.717) is 0 Å². The molecule has 0 rings (SSSR count). The minimum atomic E-state index is -2.91. The molecule has 0 aliphatic rings. The van der Waals surface area contributed by atoms with E-state index < -0.39 is 16.5 Å². The van der Waals surface area contributed by atoms with Crippen LogP contribution in [0.5, 0.6) is 0 Å². The van der Waals surface area contributed by atoms with E-state index in [2.05, 4.69) is 22.2 Å². The minimum absolute atomic E-state index is 0. The molecule has 0 fully saturated rings. The first-order valence-corrected chi connectivity index (χ1v) is 5.85. The van der Waals surface area contributed by atoms with Gasteiger partial charge >= 0.3 is 27.3 Å². The fourth-order valence-corrected chi connectivity index (χ4v) is 0. The van der Waals surface area contributed by atoms with Crippen LogP contribution in [0.1, 0.15) is 0 Å². The molecular weight excluding hydrogens is 398 g/mol. The van der Waals surface area contributed by atoms with E-state index in [1.54, 1.807) is 0 Å². The number of rotatable bonds is 0. The quantitative estimate of drug-likeness (QED) is 0.337. The van der Waals surface area contributed by atoms with Gasteiger partial charge in [-0.25, -0.2) is 0 Å². The molecule has 0 aromatic carbocycles. The van der Waals surface area contributed by atoms with E-state index in [0.717, 1.165) is 0 Å². The van der Waals surface area contributed by atoms with E-state index in [-0.39, 0.29) is 27.3 Å². The summed E-state index contributed by atoms with van der Waals surface area (Å²) in [4.78, 5) is 17.7. The van der Waals surface area contributed by atoms with Gasteiger partial charge in [0.05, 0.1) is 0 Å². The van der Waals surface area contributed by atoms with Crippen LogP contribution in [0.15, 0.2) is 0 Å². The third kappa shape index (κ3) is 361. The van der Waals surface area contributed by atoms with Gasteiger partial charge in [-0.2, -0.15) is 0 Å². The predicted octanol–water partition coefficient (Wildman–Crippen LogP) is -2.38. The van der Waals surface area contributed by atoms with Gasteiger partial charge in [0.2, 0.25) is 0 Å². The van der Waals surface area contributed by atoms with Crippen molar-refractivity contribution in [2.45, 2.75) is 0 Å². The summed E-state index contributed by atoms with van der Waals surface area (Å²) >= 11 is 8.53. The molecule has 0 aliphatic heterocycles. The molecule has 0 heterocycles. The Labute approximate surface area is 83.9 Å². The molecule has 50 valence electrons. The molecule has 9 heavy (non-hydrogen) atoms. The number of hydrogen-bond acceptors (Lipinski definition) is 4. The second-order valence-corrected chi connectivity index (χ2v) is 3.28. The first-order valence-electron chi connectivity index (χ1n) is 1.19. The Morgan fingerprint density at radius 2 is 1.00 bits per heavy atom. The number of halogens is 2. The van der Waals surface area contributed by atoms with Crippen molar-refractivity contribution in [3.05, 3.63) is 0 Å². The standard InChI is InChI=1S/2ClO2Si.Pb/c2*1-4(2)3;/q2*-1;+2. The zero-order valence-electron chi connectivity index (χ0n) is 3.89. The first kappa shape index (κ1) is 16.6. The average Bonchev–Trinajstić information content (AvgIpc) is 1.25. The van der Waals surface area contributed by atoms with Crippen LogP contribution in [-0.2, 0) is 8.92 Å². The molecule has 0 atom stereocenters. The zero-order chi connectivity index (χ0) is 7.15. The van der Waals surface area contributed by atoms with Crippen LogP contribution in [0, 0.1) is 0 Å². The van der Waals surface area contributed by atoms with Gasteiger partial charge in [0.1, 0.15) is 0 Å². The molecular formula is Cl2O4PbSi2. The van der Waals surface area contributed by atoms with Crippen LogP contribution in [-0.4, -0.2) is 43.8 Å². The third-order valence-corrected chi connectivity index (χ3v) is 0. The van der Waals surface area contributed by atoms with E-state index in [4.69, 9.17) is 18.5 Å². The predicted molar refractivity (Wildman–Crippen MR) is 30.3 cm³/mol. The molecule has 0 bridgehead atoms. The van der Waals surface area contributed by atoms with E-state index in [9.17, 15) is 0 Å².